The van der Waals surface area contributed by atoms with Crippen molar-refractivity contribution in [2.45, 2.75) is 58.1 Å². The number of piperidine rings is 1. The average molecular weight is 468 g/mol. The smallest absolute Gasteiger partial charge is 0.191 e. The van der Waals surface area contributed by atoms with Crippen LogP contribution in [-0.4, -0.2) is 75.5 Å². The van der Waals surface area contributed by atoms with Crippen LogP contribution in [0, 0.1) is 0 Å². The Morgan fingerprint density at radius 2 is 2.12 bits per heavy atom. The van der Waals surface area contributed by atoms with Crippen molar-refractivity contribution in [1.82, 2.24) is 15.5 Å². The van der Waals surface area contributed by atoms with Gasteiger partial charge in [0.05, 0.1) is 19.3 Å². The lowest BCUT2D eigenvalue weighted by atomic mass is 10.0. The van der Waals surface area contributed by atoms with Crippen LogP contribution >= 0.6 is 24.0 Å². The van der Waals surface area contributed by atoms with Crippen LogP contribution in [0.1, 0.15) is 46.0 Å². The molecule has 2 fully saturated rings. The zero-order valence-electron chi connectivity index (χ0n) is 16.0. The quantitative estimate of drug-likeness (QED) is 0.235. The monoisotopic (exact) mass is 468 g/mol. The number of ether oxygens (including phenoxy) is 2. The predicted molar refractivity (Wildman–Crippen MR) is 114 cm³/mol. The van der Waals surface area contributed by atoms with E-state index in [0.717, 1.165) is 64.8 Å². The summed E-state index contributed by atoms with van der Waals surface area (Å²) in [6.45, 7) is 11.8. The Hall–Kier alpha value is -0.120. The maximum Gasteiger partial charge on any atom is 0.191 e. The minimum Gasteiger partial charge on any atom is -0.379 e. The molecule has 0 aromatic rings. The lowest BCUT2D eigenvalue weighted by Crippen LogP contribution is -2.43. The van der Waals surface area contributed by atoms with E-state index in [-0.39, 0.29) is 24.0 Å². The third kappa shape index (κ3) is 8.88. The molecule has 7 heteroatoms. The molecule has 6 nitrogen and oxygen atoms in total. The van der Waals surface area contributed by atoms with Gasteiger partial charge in [0.25, 0.3) is 0 Å². The summed E-state index contributed by atoms with van der Waals surface area (Å²) in [5.41, 5.74) is 0. The zero-order valence-corrected chi connectivity index (χ0v) is 18.3. The number of hydrogen-bond donors (Lipinski definition) is 2. The SMILES string of the molecule is CCNC(=NCC1CCCCN1CC)NCCCOC1CCOC1.I. The molecule has 0 radical (unpaired) electrons. The maximum atomic E-state index is 5.80. The van der Waals surface area contributed by atoms with Crippen LogP contribution in [0.25, 0.3) is 0 Å². The Balaban J connectivity index is 0.00000312. The highest BCUT2D eigenvalue weighted by molar-refractivity contribution is 14.0. The fourth-order valence-corrected chi connectivity index (χ4v) is 3.39. The molecule has 2 rings (SSSR count). The van der Waals surface area contributed by atoms with E-state index in [1.807, 2.05) is 0 Å². The molecule has 2 unspecified atom stereocenters. The van der Waals surface area contributed by atoms with Crippen LogP contribution in [-0.2, 0) is 9.47 Å². The van der Waals surface area contributed by atoms with Crippen molar-refractivity contribution in [3.05, 3.63) is 0 Å². The van der Waals surface area contributed by atoms with Gasteiger partial charge >= 0.3 is 0 Å². The fraction of sp³-hybridized carbons (Fsp3) is 0.944. The highest BCUT2D eigenvalue weighted by Crippen LogP contribution is 2.16. The topological polar surface area (TPSA) is 58.1 Å². The number of likely N-dealkylation sites (tertiary alicyclic amines) is 1. The number of nitrogens with zero attached hydrogens (tertiary/aromatic N) is 2. The summed E-state index contributed by atoms with van der Waals surface area (Å²) in [5.74, 6) is 0.934. The Morgan fingerprint density at radius 1 is 1.24 bits per heavy atom. The van der Waals surface area contributed by atoms with Crippen molar-refractivity contribution >= 4 is 29.9 Å². The Morgan fingerprint density at radius 3 is 2.84 bits per heavy atom. The zero-order chi connectivity index (χ0) is 17.0. The van der Waals surface area contributed by atoms with Gasteiger partial charge in [-0.05, 0) is 45.7 Å². The second kappa shape index (κ2) is 14.0. The molecule has 0 spiro atoms. The largest absolute Gasteiger partial charge is 0.379 e. The summed E-state index contributed by atoms with van der Waals surface area (Å²) < 4.78 is 11.1. The van der Waals surface area contributed by atoms with E-state index >= 15 is 0 Å². The van der Waals surface area contributed by atoms with Crippen molar-refractivity contribution in [3.63, 3.8) is 0 Å². The van der Waals surface area contributed by atoms with E-state index in [2.05, 4.69) is 29.4 Å². The Kier molecular flexibility index (Phi) is 12.8. The minimum absolute atomic E-state index is 0. The molecule has 2 aliphatic rings. The maximum absolute atomic E-state index is 5.80. The highest BCUT2D eigenvalue weighted by atomic mass is 127. The first-order chi connectivity index (χ1) is 11.8. The lowest BCUT2D eigenvalue weighted by Gasteiger charge is -2.33. The molecular formula is C18H37IN4O2. The van der Waals surface area contributed by atoms with E-state index in [9.17, 15) is 0 Å². The molecule has 0 amide bonds. The van der Waals surface area contributed by atoms with Gasteiger partial charge in [-0.2, -0.15) is 0 Å². The van der Waals surface area contributed by atoms with Crippen molar-refractivity contribution in [2.75, 3.05) is 52.5 Å². The van der Waals surface area contributed by atoms with Crippen LogP contribution in [0.5, 0.6) is 0 Å². The molecule has 25 heavy (non-hydrogen) atoms. The predicted octanol–water partition coefficient (Wildman–Crippen LogP) is 2.23. The molecular weight excluding hydrogens is 431 g/mol. The number of hydrogen-bond acceptors (Lipinski definition) is 4. The van der Waals surface area contributed by atoms with Gasteiger partial charge in [0.2, 0.25) is 0 Å². The van der Waals surface area contributed by atoms with E-state index in [4.69, 9.17) is 14.5 Å². The number of likely N-dealkylation sites (N-methyl/N-ethyl adjacent to an activating group) is 1. The van der Waals surface area contributed by atoms with Gasteiger partial charge in [0.1, 0.15) is 0 Å². The van der Waals surface area contributed by atoms with Gasteiger partial charge in [0, 0.05) is 32.3 Å². The van der Waals surface area contributed by atoms with Crippen LogP contribution in [0.15, 0.2) is 4.99 Å². The molecule has 2 heterocycles. The second-order valence-electron chi connectivity index (χ2n) is 6.63. The summed E-state index contributed by atoms with van der Waals surface area (Å²) in [5, 5.41) is 6.77. The molecule has 0 bridgehead atoms. The highest BCUT2D eigenvalue weighted by Gasteiger charge is 2.20. The van der Waals surface area contributed by atoms with Crippen LogP contribution in [0.4, 0.5) is 0 Å². The molecule has 2 atom stereocenters. The van der Waals surface area contributed by atoms with Gasteiger partial charge in [-0.3, -0.25) is 9.89 Å². The summed E-state index contributed by atoms with van der Waals surface area (Å²) >= 11 is 0. The van der Waals surface area contributed by atoms with E-state index in [0.29, 0.717) is 12.1 Å². The number of guanidine groups is 1. The third-order valence-electron chi connectivity index (χ3n) is 4.81. The third-order valence-corrected chi connectivity index (χ3v) is 4.81. The average Bonchev–Trinajstić information content (AvgIpc) is 3.13. The standard InChI is InChI=1S/C18H36N4O2.HI/c1-3-19-18(20-10-7-12-24-17-9-13-23-15-17)21-14-16-8-5-6-11-22(16)4-2;/h16-17H,3-15H2,1-2H3,(H2,19,20,21);1H. The molecule has 0 aromatic heterocycles. The van der Waals surface area contributed by atoms with Crippen LogP contribution in [0.3, 0.4) is 0 Å². The van der Waals surface area contributed by atoms with E-state index in [1.54, 1.807) is 0 Å². The normalized spacial score (nSPS) is 24.8. The van der Waals surface area contributed by atoms with Gasteiger partial charge in [-0.25, -0.2) is 0 Å². The van der Waals surface area contributed by atoms with Gasteiger partial charge < -0.3 is 20.1 Å². The molecule has 0 saturated carbocycles. The van der Waals surface area contributed by atoms with Gasteiger partial charge in [0.15, 0.2) is 5.96 Å². The summed E-state index contributed by atoms with van der Waals surface area (Å²) in [6, 6.07) is 0.602. The fourth-order valence-electron chi connectivity index (χ4n) is 3.39. The Labute approximate surface area is 170 Å². The van der Waals surface area contributed by atoms with E-state index in [1.165, 1.54) is 25.8 Å². The molecule has 2 aliphatic heterocycles. The number of halogens is 1. The first kappa shape index (κ1) is 22.9. The minimum atomic E-state index is 0. The second-order valence-corrected chi connectivity index (χ2v) is 6.63. The van der Waals surface area contributed by atoms with Crippen molar-refractivity contribution in [2.24, 2.45) is 4.99 Å². The van der Waals surface area contributed by atoms with Gasteiger partial charge in [-0.1, -0.05) is 13.3 Å². The van der Waals surface area contributed by atoms with Crippen LogP contribution < -0.4 is 10.6 Å². The first-order valence-corrected chi connectivity index (χ1v) is 9.79. The summed E-state index contributed by atoms with van der Waals surface area (Å²) in [4.78, 5) is 7.37. The molecule has 2 saturated heterocycles. The van der Waals surface area contributed by atoms with Crippen molar-refractivity contribution < 1.29 is 9.47 Å². The van der Waals surface area contributed by atoms with Gasteiger partial charge in [-0.15, -0.1) is 24.0 Å². The van der Waals surface area contributed by atoms with Crippen LogP contribution in [0.2, 0.25) is 0 Å². The first-order valence-electron chi connectivity index (χ1n) is 9.79. The number of rotatable bonds is 9. The molecule has 0 aromatic carbocycles. The van der Waals surface area contributed by atoms with Crippen molar-refractivity contribution in [1.29, 1.82) is 0 Å². The number of aliphatic imine (C=N–C) groups is 1. The Bertz CT molecular complexity index is 365. The summed E-state index contributed by atoms with van der Waals surface area (Å²) in [6.07, 6.45) is 6.27. The van der Waals surface area contributed by atoms with E-state index < -0.39 is 0 Å². The van der Waals surface area contributed by atoms with Crippen molar-refractivity contribution in [3.8, 4) is 0 Å². The molecule has 148 valence electrons. The number of nitrogens with one attached hydrogen (secondary N) is 2. The lowest BCUT2D eigenvalue weighted by molar-refractivity contribution is 0.0420. The summed E-state index contributed by atoms with van der Waals surface area (Å²) in [7, 11) is 0. The molecule has 0 aliphatic carbocycles. The molecule has 2 N–H and O–H groups in total.